The number of amides is 2. The first-order chi connectivity index (χ1) is 15.5. The first-order valence-corrected chi connectivity index (χ1v) is 12.4. The van der Waals surface area contributed by atoms with Gasteiger partial charge in [-0.2, -0.15) is 5.26 Å². The van der Waals surface area contributed by atoms with Gasteiger partial charge in [0.2, 0.25) is 11.8 Å². The summed E-state index contributed by atoms with van der Waals surface area (Å²) in [4.78, 5) is 28.7. The molecule has 2 saturated heterocycles. The summed E-state index contributed by atoms with van der Waals surface area (Å²) in [6.07, 6.45) is 9.33. The van der Waals surface area contributed by atoms with E-state index < -0.39 is 0 Å². The zero-order valence-electron chi connectivity index (χ0n) is 18.7. The van der Waals surface area contributed by atoms with E-state index in [1.807, 2.05) is 4.90 Å². The summed E-state index contributed by atoms with van der Waals surface area (Å²) in [7, 11) is 0. The Kier molecular flexibility index (Phi) is 4.62. The third kappa shape index (κ3) is 3.01. The average molecular weight is 433 g/mol. The molecule has 32 heavy (non-hydrogen) atoms. The first-order valence-electron chi connectivity index (χ1n) is 12.4. The number of hydrogen-bond acceptors (Lipinski definition) is 4. The van der Waals surface area contributed by atoms with E-state index in [2.05, 4.69) is 35.7 Å². The summed E-state index contributed by atoms with van der Waals surface area (Å²) in [6, 6.07) is 10.8. The molecule has 4 saturated carbocycles. The van der Waals surface area contributed by atoms with Gasteiger partial charge in [0.1, 0.15) is 6.04 Å². The third-order valence-corrected chi connectivity index (χ3v) is 9.20. The van der Waals surface area contributed by atoms with Gasteiger partial charge in [0.05, 0.1) is 12.6 Å². The Bertz CT molecular complexity index is 985. The molecule has 0 aromatic heterocycles. The number of benzene rings is 1. The molecule has 1 aromatic rings. The van der Waals surface area contributed by atoms with Crippen LogP contribution in [0.15, 0.2) is 24.3 Å². The summed E-state index contributed by atoms with van der Waals surface area (Å²) in [5.41, 5.74) is 2.68. The number of carbonyl (C=O) groups excluding carboxylic acids is 2. The Morgan fingerprint density at radius 3 is 2.75 bits per heavy atom. The molecular formula is C26H32N4O2. The highest BCUT2D eigenvalue weighted by Crippen LogP contribution is 2.66. The van der Waals surface area contributed by atoms with Crippen molar-refractivity contribution in [3.8, 4) is 6.07 Å². The Hall–Kier alpha value is -2.39. The van der Waals surface area contributed by atoms with Crippen LogP contribution in [0.4, 0.5) is 5.69 Å². The molecule has 6 nitrogen and oxygen atoms in total. The van der Waals surface area contributed by atoms with Crippen molar-refractivity contribution >= 4 is 17.5 Å². The van der Waals surface area contributed by atoms with E-state index in [1.165, 1.54) is 31.2 Å². The number of rotatable bonds is 5. The van der Waals surface area contributed by atoms with Gasteiger partial charge < -0.3 is 15.1 Å². The van der Waals surface area contributed by atoms with Crippen LogP contribution in [-0.4, -0.2) is 47.9 Å². The zero-order chi connectivity index (χ0) is 21.9. The minimum absolute atomic E-state index is 0.0596. The number of anilines is 1. The quantitative estimate of drug-likeness (QED) is 0.776. The van der Waals surface area contributed by atoms with Crippen LogP contribution in [0.3, 0.4) is 0 Å². The number of carbonyl (C=O) groups is 2. The molecule has 1 aromatic carbocycles. The van der Waals surface area contributed by atoms with Crippen molar-refractivity contribution in [2.24, 2.45) is 11.8 Å². The SMILES string of the molecule is N#C[C@@H]1CCCN1C(=O)CNC12CC3CC1CC(c1ccc(N4CCCC4=O)cc1)(C3)C2. The van der Waals surface area contributed by atoms with Gasteiger partial charge in [-0.3, -0.25) is 9.59 Å². The van der Waals surface area contributed by atoms with Crippen molar-refractivity contribution in [1.29, 1.82) is 5.26 Å². The van der Waals surface area contributed by atoms with Gasteiger partial charge >= 0.3 is 0 Å². The van der Waals surface area contributed by atoms with Crippen LogP contribution in [0.2, 0.25) is 0 Å². The molecule has 6 aliphatic rings. The van der Waals surface area contributed by atoms with Crippen molar-refractivity contribution in [2.45, 2.75) is 74.8 Å². The number of nitrogens with zero attached hydrogens (tertiary/aromatic N) is 3. The van der Waals surface area contributed by atoms with Gasteiger partial charge in [-0.15, -0.1) is 0 Å². The van der Waals surface area contributed by atoms with Crippen molar-refractivity contribution in [1.82, 2.24) is 10.2 Å². The van der Waals surface area contributed by atoms with Crippen molar-refractivity contribution in [3.63, 3.8) is 0 Å². The van der Waals surface area contributed by atoms with Crippen LogP contribution in [-0.2, 0) is 15.0 Å². The topological polar surface area (TPSA) is 76.4 Å². The highest BCUT2D eigenvalue weighted by Gasteiger charge is 2.64. The third-order valence-electron chi connectivity index (χ3n) is 9.20. The summed E-state index contributed by atoms with van der Waals surface area (Å²) < 4.78 is 0. The van der Waals surface area contributed by atoms with Gasteiger partial charge in [-0.1, -0.05) is 12.1 Å². The lowest BCUT2D eigenvalue weighted by Crippen LogP contribution is -2.52. The monoisotopic (exact) mass is 432 g/mol. The Labute approximate surface area is 189 Å². The van der Waals surface area contributed by atoms with Gasteiger partial charge in [0.25, 0.3) is 0 Å². The van der Waals surface area contributed by atoms with Crippen LogP contribution in [0.1, 0.15) is 63.4 Å². The van der Waals surface area contributed by atoms with Gasteiger partial charge in [0.15, 0.2) is 0 Å². The van der Waals surface area contributed by atoms with E-state index in [4.69, 9.17) is 0 Å². The summed E-state index contributed by atoms with van der Waals surface area (Å²) in [5.74, 6) is 1.67. The average Bonchev–Trinajstić information content (AvgIpc) is 3.54. The molecule has 4 bridgehead atoms. The molecule has 2 amide bonds. The largest absolute Gasteiger partial charge is 0.326 e. The predicted octanol–water partition coefficient (Wildman–Crippen LogP) is 3.12. The molecule has 2 aliphatic heterocycles. The molecule has 4 aliphatic carbocycles. The highest BCUT2D eigenvalue weighted by molar-refractivity contribution is 5.95. The maximum Gasteiger partial charge on any atom is 0.237 e. The van der Waals surface area contributed by atoms with E-state index in [0.29, 0.717) is 25.4 Å². The Morgan fingerprint density at radius 1 is 1.16 bits per heavy atom. The lowest BCUT2D eigenvalue weighted by Gasteiger charge is -2.42. The van der Waals surface area contributed by atoms with E-state index in [9.17, 15) is 14.9 Å². The molecule has 168 valence electrons. The predicted molar refractivity (Wildman–Crippen MR) is 121 cm³/mol. The first kappa shape index (κ1) is 20.2. The second-order valence-corrected chi connectivity index (χ2v) is 10.9. The minimum Gasteiger partial charge on any atom is -0.326 e. The van der Waals surface area contributed by atoms with Crippen molar-refractivity contribution < 1.29 is 9.59 Å². The molecule has 5 atom stereocenters. The second-order valence-electron chi connectivity index (χ2n) is 10.9. The lowest BCUT2D eigenvalue weighted by atomic mass is 9.65. The normalized spacial score (nSPS) is 37.5. The number of hydrogen-bond donors (Lipinski definition) is 1. The maximum atomic E-state index is 12.9. The van der Waals surface area contributed by atoms with Crippen LogP contribution in [0, 0.1) is 23.2 Å². The Balaban J connectivity index is 1.18. The van der Waals surface area contributed by atoms with E-state index >= 15 is 0 Å². The van der Waals surface area contributed by atoms with Crippen LogP contribution < -0.4 is 10.2 Å². The highest BCUT2D eigenvalue weighted by atomic mass is 16.2. The minimum atomic E-state index is -0.245. The lowest BCUT2D eigenvalue weighted by molar-refractivity contribution is -0.130. The number of nitrogens with one attached hydrogen (secondary N) is 1. The molecule has 6 fully saturated rings. The molecule has 0 radical (unpaired) electrons. The van der Waals surface area contributed by atoms with Crippen LogP contribution >= 0.6 is 0 Å². The molecular weight excluding hydrogens is 400 g/mol. The van der Waals surface area contributed by atoms with Gasteiger partial charge in [0, 0.05) is 30.7 Å². The summed E-state index contributed by atoms with van der Waals surface area (Å²) in [5, 5.41) is 13.1. The summed E-state index contributed by atoms with van der Waals surface area (Å²) in [6.45, 7) is 1.90. The van der Waals surface area contributed by atoms with Gasteiger partial charge in [-0.25, -0.2) is 0 Å². The zero-order valence-corrected chi connectivity index (χ0v) is 18.7. The fraction of sp³-hybridized carbons (Fsp3) is 0.654. The smallest absolute Gasteiger partial charge is 0.237 e. The van der Waals surface area contributed by atoms with E-state index in [1.54, 1.807) is 4.90 Å². The van der Waals surface area contributed by atoms with Crippen molar-refractivity contribution in [3.05, 3.63) is 29.8 Å². The van der Waals surface area contributed by atoms with E-state index in [0.717, 1.165) is 43.8 Å². The van der Waals surface area contributed by atoms with Crippen LogP contribution in [0.5, 0.6) is 0 Å². The van der Waals surface area contributed by atoms with Gasteiger partial charge in [-0.05, 0) is 86.3 Å². The molecule has 6 heteroatoms. The standard InChI is InChI=1S/C26H32N4O2/c27-15-22-3-1-9-30(22)24(32)16-28-26-13-18-11-20(26)14-25(12-18,17-26)19-5-7-21(8-6-19)29-10-2-4-23(29)31/h5-8,18,20,22,28H,1-4,9-14,16-17H2/t18?,20?,22-,25?,26?/m0/s1. The summed E-state index contributed by atoms with van der Waals surface area (Å²) >= 11 is 0. The van der Waals surface area contributed by atoms with Crippen molar-refractivity contribution in [2.75, 3.05) is 24.5 Å². The van der Waals surface area contributed by atoms with Crippen LogP contribution in [0.25, 0.3) is 0 Å². The molecule has 1 N–H and O–H groups in total. The van der Waals surface area contributed by atoms with E-state index in [-0.39, 0.29) is 28.8 Å². The molecule has 7 rings (SSSR count). The number of nitriles is 1. The molecule has 2 heterocycles. The fourth-order valence-corrected chi connectivity index (χ4v) is 7.99. The fourth-order valence-electron chi connectivity index (χ4n) is 7.99. The maximum absolute atomic E-state index is 12.9. The Morgan fingerprint density at radius 2 is 2.00 bits per heavy atom. The number of likely N-dealkylation sites (tertiary alicyclic amines) is 1. The molecule has 4 unspecified atom stereocenters. The second kappa shape index (κ2) is 7.31. The molecule has 0 spiro atoms.